The van der Waals surface area contributed by atoms with Crippen LogP contribution in [0.5, 0.6) is 0 Å². The SMILES string of the molecule is CO[C@@H]1[C@H](NC(=O)C23CCC(C(=O)NCCCOC(=O)[C@H](C)N)(CC2)CC3)CC[C@]2(CO2)[C@H]1[C@@]1(C)O[C@@H]1CC=C(C)C. The number of esters is 1. The molecule has 2 amide bonds. The summed E-state index contributed by atoms with van der Waals surface area (Å²) in [5, 5.41) is 6.48. The minimum atomic E-state index is -0.648. The summed E-state index contributed by atoms with van der Waals surface area (Å²) in [6.45, 7) is 9.37. The van der Waals surface area contributed by atoms with Crippen LogP contribution in [0.25, 0.3) is 0 Å². The lowest BCUT2D eigenvalue weighted by atomic mass is 9.53. The van der Waals surface area contributed by atoms with Gasteiger partial charge in [-0.15, -0.1) is 0 Å². The molecule has 6 rings (SSSR count). The Hall–Kier alpha value is -2.01. The Morgan fingerprint density at radius 2 is 1.67 bits per heavy atom. The Morgan fingerprint density at radius 3 is 2.21 bits per heavy atom. The zero-order valence-electron chi connectivity index (χ0n) is 26.1. The topological polar surface area (TPSA) is 145 Å². The van der Waals surface area contributed by atoms with E-state index < -0.39 is 22.8 Å². The second-order valence-electron chi connectivity index (χ2n) is 14.1. The molecule has 10 nitrogen and oxygen atoms in total. The van der Waals surface area contributed by atoms with Crippen LogP contribution >= 0.6 is 0 Å². The van der Waals surface area contributed by atoms with Crippen LogP contribution in [0.4, 0.5) is 0 Å². The lowest BCUT2D eigenvalue weighted by molar-refractivity contribution is -0.153. The molecule has 236 valence electrons. The van der Waals surface area contributed by atoms with Crippen LogP contribution < -0.4 is 16.4 Å². The van der Waals surface area contributed by atoms with Crippen LogP contribution in [0.1, 0.15) is 91.9 Å². The number of nitrogens with two attached hydrogens (primary N) is 1. The number of epoxide rings is 2. The van der Waals surface area contributed by atoms with Gasteiger partial charge in [-0.25, -0.2) is 0 Å². The molecule has 4 saturated carbocycles. The summed E-state index contributed by atoms with van der Waals surface area (Å²) in [6.07, 6.45) is 9.56. The van der Waals surface area contributed by atoms with Gasteiger partial charge >= 0.3 is 5.97 Å². The second kappa shape index (κ2) is 11.8. The summed E-state index contributed by atoms with van der Waals surface area (Å²) >= 11 is 0. The van der Waals surface area contributed by atoms with E-state index in [9.17, 15) is 14.4 Å². The third kappa shape index (κ3) is 5.88. The molecule has 0 aromatic heterocycles. The van der Waals surface area contributed by atoms with Gasteiger partial charge in [0.05, 0.1) is 37.1 Å². The summed E-state index contributed by atoms with van der Waals surface area (Å²) in [4.78, 5) is 38.6. The molecule has 0 aromatic carbocycles. The molecular formula is C32H51N3O7. The van der Waals surface area contributed by atoms with Gasteiger partial charge in [-0.2, -0.15) is 0 Å². The predicted molar refractivity (Wildman–Crippen MR) is 156 cm³/mol. The predicted octanol–water partition coefficient (Wildman–Crippen LogP) is 2.92. The van der Waals surface area contributed by atoms with E-state index in [2.05, 4.69) is 37.5 Å². The fraction of sp³-hybridized carbons (Fsp3) is 0.844. The molecule has 6 fully saturated rings. The van der Waals surface area contributed by atoms with Crippen molar-refractivity contribution in [2.75, 3.05) is 26.9 Å². The first kappa shape index (κ1) is 31.4. The molecule has 2 heterocycles. The maximum absolute atomic E-state index is 13.9. The van der Waals surface area contributed by atoms with Crippen molar-refractivity contribution in [1.29, 1.82) is 0 Å². The van der Waals surface area contributed by atoms with Gasteiger partial charge in [-0.05, 0) is 91.9 Å². The quantitative estimate of drug-likeness (QED) is 0.136. The second-order valence-corrected chi connectivity index (χ2v) is 14.1. The fourth-order valence-electron chi connectivity index (χ4n) is 8.10. The van der Waals surface area contributed by atoms with Gasteiger partial charge in [0.15, 0.2) is 0 Å². The zero-order valence-corrected chi connectivity index (χ0v) is 26.1. The number of nitrogens with one attached hydrogen (secondary N) is 2. The Kier molecular flexibility index (Phi) is 8.84. The molecule has 2 aliphatic heterocycles. The highest BCUT2D eigenvalue weighted by molar-refractivity contribution is 5.87. The minimum Gasteiger partial charge on any atom is -0.464 e. The smallest absolute Gasteiger partial charge is 0.322 e. The third-order valence-corrected chi connectivity index (χ3v) is 11.0. The molecule has 0 radical (unpaired) electrons. The van der Waals surface area contributed by atoms with Gasteiger partial charge in [0.25, 0.3) is 0 Å². The van der Waals surface area contributed by atoms with Gasteiger partial charge < -0.3 is 35.3 Å². The van der Waals surface area contributed by atoms with Gasteiger partial charge in [0.1, 0.15) is 11.6 Å². The van der Waals surface area contributed by atoms with Crippen LogP contribution in [0, 0.1) is 16.7 Å². The number of rotatable bonds is 12. The Morgan fingerprint density at radius 1 is 1.05 bits per heavy atom. The Labute approximate surface area is 250 Å². The van der Waals surface area contributed by atoms with E-state index in [0.29, 0.717) is 51.5 Å². The monoisotopic (exact) mass is 589 g/mol. The summed E-state index contributed by atoms with van der Waals surface area (Å²) in [7, 11) is 1.74. The molecule has 0 aromatic rings. The molecule has 2 saturated heterocycles. The average Bonchev–Trinajstić information content (AvgIpc) is 3.89. The molecule has 4 N–H and O–H groups in total. The number of ether oxygens (including phenoxy) is 4. The third-order valence-electron chi connectivity index (χ3n) is 11.0. The molecule has 10 heteroatoms. The number of allylic oxidation sites excluding steroid dienone is 1. The van der Waals surface area contributed by atoms with Crippen molar-refractivity contribution in [3.05, 3.63) is 11.6 Å². The van der Waals surface area contributed by atoms with Gasteiger partial charge in [-0.3, -0.25) is 14.4 Å². The minimum absolute atomic E-state index is 0.0541. The molecule has 6 aliphatic rings. The summed E-state index contributed by atoms with van der Waals surface area (Å²) in [6, 6.07) is -0.750. The highest BCUT2D eigenvalue weighted by Gasteiger charge is 2.72. The van der Waals surface area contributed by atoms with Gasteiger partial charge in [-0.1, -0.05) is 11.6 Å². The maximum Gasteiger partial charge on any atom is 0.322 e. The number of fused-ring (bicyclic) bond motifs is 3. The van der Waals surface area contributed by atoms with Gasteiger partial charge in [0, 0.05) is 30.4 Å². The lowest BCUT2D eigenvalue weighted by Crippen LogP contribution is -2.62. The summed E-state index contributed by atoms with van der Waals surface area (Å²) in [5.41, 5.74) is 5.39. The van der Waals surface area contributed by atoms with E-state index in [0.717, 1.165) is 25.9 Å². The molecule has 0 unspecified atom stereocenters. The van der Waals surface area contributed by atoms with Crippen LogP contribution in [-0.4, -0.2) is 80.1 Å². The van der Waals surface area contributed by atoms with E-state index in [-0.39, 0.29) is 53.8 Å². The summed E-state index contributed by atoms with van der Waals surface area (Å²) < 4.78 is 23.7. The standard InChI is InChI=1S/C32H51N3O7/c1-20(2)7-8-23-29(4,42-23)25-24(39-5)22(9-10-32(25)19-41-32)35-28(38)31-14-11-30(12-15-31,13-16-31)27(37)34-17-6-18-40-26(36)21(3)33/h7,21-25H,6,8-19,33H2,1-5H3,(H,34,37)(H,35,38)/t21-,22+,23+,24+,25+,29-,30?,31?,32-/m0/s1. The maximum atomic E-state index is 13.9. The van der Waals surface area contributed by atoms with Crippen molar-refractivity contribution < 1.29 is 33.3 Å². The van der Waals surface area contributed by atoms with Crippen LogP contribution in [-0.2, 0) is 33.3 Å². The van der Waals surface area contributed by atoms with E-state index in [4.69, 9.17) is 24.7 Å². The highest BCUT2D eigenvalue weighted by atomic mass is 16.6. The first-order valence-corrected chi connectivity index (χ1v) is 15.9. The van der Waals surface area contributed by atoms with E-state index in [1.54, 1.807) is 14.0 Å². The highest BCUT2D eigenvalue weighted by Crippen LogP contribution is 2.60. The fourth-order valence-corrected chi connectivity index (χ4v) is 8.10. The normalized spacial score (nSPS) is 40.6. The molecule has 42 heavy (non-hydrogen) atoms. The van der Waals surface area contributed by atoms with Crippen LogP contribution in [0.2, 0.25) is 0 Å². The molecule has 1 spiro atoms. The number of carbonyl (C=O) groups is 3. The summed E-state index contributed by atoms with van der Waals surface area (Å²) in [5.74, 6) is -0.222. The van der Waals surface area contributed by atoms with Crippen molar-refractivity contribution in [2.45, 2.75) is 127 Å². The largest absolute Gasteiger partial charge is 0.464 e. The van der Waals surface area contributed by atoms with Crippen molar-refractivity contribution in [3.8, 4) is 0 Å². The number of amides is 2. The lowest BCUT2D eigenvalue weighted by Gasteiger charge is -2.52. The number of methoxy groups -OCH3 is 1. The first-order valence-electron chi connectivity index (χ1n) is 15.9. The Bertz CT molecular complexity index is 1060. The van der Waals surface area contributed by atoms with Crippen molar-refractivity contribution in [1.82, 2.24) is 10.6 Å². The number of hydrogen-bond acceptors (Lipinski definition) is 8. The molecule has 7 atom stereocenters. The molecular weight excluding hydrogens is 538 g/mol. The Balaban J connectivity index is 1.15. The van der Waals surface area contributed by atoms with Crippen LogP contribution in [0.3, 0.4) is 0 Å². The average molecular weight is 590 g/mol. The van der Waals surface area contributed by atoms with Crippen molar-refractivity contribution in [2.24, 2.45) is 22.5 Å². The molecule has 4 aliphatic carbocycles. The number of carbonyl (C=O) groups excluding carboxylic acids is 3. The van der Waals surface area contributed by atoms with Gasteiger partial charge in [0.2, 0.25) is 11.8 Å². The zero-order chi connectivity index (χ0) is 30.3. The number of hydrogen-bond donors (Lipinski definition) is 3. The van der Waals surface area contributed by atoms with E-state index in [1.807, 2.05) is 0 Å². The first-order chi connectivity index (χ1) is 19.9. The van der Waals surface area contributed by atoms with E-state index >= 15 is 0 Å². The van der Waals surface area contributed by atoms with Crippen molar-refractivity contribution in [3.63, 3.8) is 0 Å². The van der Waals surface area contributed by atoms with Crippen molar-refractivity contribution >= 4 is 17.8 Å². The molecule has 2 bridgehead atoms. The van der Waals surface area contributed by atoms with E-state index in [1.165, 1.54) is 5.57 Å². The van der Waals surface area contributed by atoms with Crippen LogP contribution in [0.15, 0.2) is 11.6 Å².